The molecular weight excluding hydrogens is 420 g/mol. The molecule has 0 spiro atoms. The molecule has 2 aromatic heterocycles. The first-order valence-corrected chi connectivity index (χ1v) is 9.83. The average Bonchev–Trinajstić information content (AvgIpc) is 2.69. The predicted octanol–water partition coefficient (Wildman–Crippen LogP) is 2.45. The number of nitrogens with zero attached hydrogens (tertiary/aromatic N) is 6. The van der Waals surface area contributed by atoms with E-state index in [9.17, 15) is 0 Å². The van der Waals surface area contributed by atoms with Crippen molar-refractivity contribution in [3.63, 3.8) is 0 Å². The summed E-state index contributed by atoms with van der Waals surface area (Å²) in [6.45, 7) is 6.78. The van der Waals surface area contributed by atoms with Crippen LogP contribution in [0.25, 0.3) is 0 Å². The quantitative estimate of drug-likeness (QED) is 0.728. The highest BCUT2D eigenvalue weighted by molar-refractivity contribution is 9.10. The summed E-state index contributed by atoms with van der Waals surface area (Å²) in [5, 5.41) is 0.635. The minimum Gasteiger partial charge on any atom is -0.378 e. The molecule has 2 aliphatic heterocycles. The van der Waals surface area contributed by atoms with Crippen LogP contribution < -0.4 is 14.7 Å². The fourth-order valence-electron chi connectivity index (χ4n) is 3.26. The first-order valence-electron chi connectivity index (χ1n) is 8.66. The molecule has 138 valence electrons. The Morgan fingerprint density at radius 3 is 2.12 bits per heavy atom. The van der Waals surface area contributed by atoms with Crippen molar-refractivity contribution < 1.29 is 4.74 Å². The molecule has 0 amide bonds. The Hall–Kier alpha value is -1.64. The first-order chi connectivity index (χ1) is 12.7. The lowest BCUT2D eigenvalue weighted by molar-refractivity contribution is 0.122. The molecule has 0 aliphatic carbocycles. The van der Waals surface area contributed by atoms with Gasteiger partial charge in [0, 0.05) is 51.5 Å². The molecule has 0 aromatic carbocycles. The first kappa shape index (κ1) is 17.8. The molecule has 2 aliphatic rings. The van der Waals surface area contributed by atoms with Gasteiger partial charge in [-0.15, -0.1) is 0 Å². The number of piperazine rings is 1. The number of hydrogen-bond acceptors (Lipinski definition) is 7. The summed E-state index contributed by atoms with van der Waals surface area (Å²) in [6.07, 6.45) is 3.34. The monoisotopic (exact) mass is 438 g/mol. The summed E-state index contributed by atoms with van der Waals surface area (Å²) in [7, 11) is 0. The third-order valence-electron chi connectivity index (χ3n) is 4.66. The highest BCUT2D eigenvalue weighted by atomic mass is 79.9. The van der Waals surface area contributed by atoms with E-state index in [0.717, 1.165) is 74.4 Å². The van der Waals surface area contributed by atoms with E-state index in [4.69, 9.17) is 16.3 Å². The molecule has 2 saturated heterocycles. The zero-order valence-electron chi connectivity index (χ0n) is 14.3. The van der Waals surface area contributed by atoms with Crippen LogP contribution in [-0.4, -0.2) is 67.4 Å². The SMILES string of the molecule is Clc1cnc(N2CCN(c3cc(N4CCOCC4)ncn3)CC2)c(Br)c1. The van der Waals surface area contributed by atoms with Crippen molar-refractivity contribution in [3.05, 3.63) is 34.2 Å². The summed E-state index contributed by atoms with van der Waals surface area (Å²) in [5.74, 6) is 2.89. The van der Waals surface area contributed by atoms with Gasteiger partial charge in [-0.2, -0.15) is 0 Å². The van der Waals surface area contributed by atoms with Crippen molar-refractivity contribution in [2.24, 2.45) is 0 Å². The summed E-state index contributed by atoms with van der Waals surface area (Å²) in [6, 6.07) is 3.97. The van der Waals surface area contributed by atoms with Crippen LogP contribution in [0.4, 0.5) is 17.5 Å². The number of halogens is 2. The van der Waals surface area contributed by atoms with Crippen molar-refractivity contribution in [2.45, 2.75) is 0 Å². The maximum absolute atomic E-state index is 5.99. The summed E-state index contributed by atoms with van der Waals surface area (Å²) >= 11 is 9.55. The van der Waals surface area contributed by atoms with E-state index < -0.39 is 0 Å². The largest absolute Gasteiger partial charge is 0.378 e. The summed E-state index contributed by atoms with van der Waals surface area (Å²) < 4.78 is 6.35. The molecule has 0 atom stereocenters. The van der Waals surface area contributed by atoms with Gasteiger partial charge in [-0.05, 0) is 22.0 Å². The number of ether oxygens (including phenoxy) is 1. The number of hydrogen-bond donors (Lipinski definition) is 0. The molecule has 0 N–H and O–H groups in total. The second-order valence-corrected chi connectivity index (χ2v) is 7.56. The second-order valence-electron chi connectivity index (χ2n) is 6.27. The normalized spacial score (nSPS) is 18.3. The number of pyridine rings is 1. The van der Waals surface area contributed by atoms with Gasteiger partial charge in [0.25, 0.3) is 0 Å². The number of morpholine rings is 1. The van der Waals surface area contributed by atoms with Crippen LogP contribution in [0.5, 0.6) is 0 Å². The van der Waals surface area contributed by atoms with E-state index in [2.05, 4.69) is 51.6 Å². The molecule has 26 heavy (non-hydrogen) atoms. The fourth-order valence-corrected chi connectivity index (χ4v) is 4.15. The molecule has 7 nitrogen and oxygen atoms in total. The van der Waals surface area contributed by atoms with Crippen LogP contribution in [0, 0.1) is 0 Å². The van der Waals surface area contributed by atoms with Gasteiger partial charge in [-0.3, -0.25) is 0 Å². The minimum atomic E-state index is 0.635. The molecule has 4 heterocycles. The Bertz CT molecular complexity index is 765. The summed E-state index contributed by atoms with van der Waals surface area (Å²) in [4.78, 5) is 20.2. The van der Waals surface area contributed by atoms with Crippen LogP contribution in [-0.2, 0) is 4.74 Å². The highest BCUT2D eigenvalue weighted by Gasteiger charge is 2.22. The van der Waals surface area contributed by atoms with Gasteiger partial charge in [0.05, 0.1) is 22.7 Å². The van der Waals surface area contributed by atoms with E-state index in [1.165, 1.54) is 0 Å². The molecule has 0 unspecified atom stereocenters. The van der Waals surface area contributed by atoms with E-state index in [-0.39, 0.29) is 0 Å². The Morgan fingerprint density at radius 1 is 0.846 bits per heavy atom. The van der Waals surface area contributed by atoms with Gasteiger partial charge in [0.2, 0.25) is 0 Å². The standard InChI is InChI=1S/C17H20BrClN6O/c18-14-9-13(19)11-20-17(14)25-3-1-23(2-4-25)15-10-16(22-12-21-15)24-5-7-26-8-6-24/h9-12H,1-8H2. The second kappa shape index (κ2) is 7.94. The molecule has 0 bridgehead atoms. The Balaban J connectivity index is 1.43. The third-order valence-corrected chi connectivity index (χ3v) is 5.46. The van der Waals surface area contributed by atoms with Crippen molar-refractivity contribution in [2.75, 3.05) is 67.2 Å². The zero-order valence-corrected chi connectivity index (χ0v) is 16.7. The van der Waals surface area contributed by atoms with Gasteiger partial charge in [-0.1, -0.05) is 11.6 Å². The predicted molar refractivity (Wildman–Crippen MR) is 106 cm³/mol. The van der Waals surface area contributed by atoms with Gasteiger partial charge in [0.1, 0.15) is 23.8 Å². The van der Waals surface area contributed by atoms with E-state index in [0.29, 0.717) is 5.02 Å². The van der Waals surface area contributed by atoms with Crippen LogP contribution >= 0.6 is 27.5 Å². The lowest BCUT2D eigenvalue weighted by Crippen LogP contribution is -2.47. The van der Waals surface area contributed by atoms with Crippen molar-refractivity contribution >= 4 is 45.0 Å². The number of anilines is 3. The Morgan fingerprint density at radius 2 is 1.46 bits per heavy atom. The van der Waals surface area contributed by atoms with Crippen molar-refractivity contribution in [1.29, 1.82) is 0 Å². The van der Waals surface area contributed by atoms with E-state index >= 15 is 0 Å². The molecular formula is C17H20BrClN6O. The molecule has 2 fully saturated rings. The fraction of sp³-hybridized carbons (Fsp3) is 0.471. The van der Waals surface area contributed by atoms with E-state index in [1.807, 2.05) is 6.07 Å². The topological polar surface area (TPSA) is 57.6 Å². The van der Waals surface area contributed by atoms with Crippen LogP contribution in [0.2, 0.25) is 5.02 Å². The van der Waals surface area contributed by atoms with Crippen molar-refractivity contribution in [3.8, 4) is 0 Å². The molecule has 0 radical (unpaired) electrons. The molecule has 9 heteroatoms. The lowest BCUT2D eigenvalue weighted by atomic mass is 10.3. The highest BCUT2D eigenvalue weighted by Crippen LogP contribution is 2.28. The maximum Gasteiger partial charge on any atom is 0.143 e. The van der Waals surface area contributed by atoms with E-state index in [1.54, 1.807) is 12.5 Å². The number of aromatic nitrogens is 3. The van der Waals surface area contributed by atoms with Gasteiger partial charge in [0.15, 0.2) is 0 Å². The average molecular weight is 440 g/mol. The number of rotatable bonds is 3. The van der Waals surface area contributed by atoms with Gasteiger partial charge < -0.3 is 19.4 Å². The minimum absolute atomic E-state index is 0.635. The van der Waals surface area contributed by atoms with Crippen LogP contribution in [0.15, 0.2) is 29.1 Å². The smallest absolute Gasteiger partial charge is 0.143 e. The van der Waals surface area contributed by atoms with Crippen molar-refractivity contribution in [1.82, 2.24) is 15.0 Å². The van der Waals surface area contributed by atoms with Gasteiger partial charge >= 0.3 is 0 Å². The maximum atomic E-state index is 5.99. The Kier molecular flexibility index (Phi) is 5.42. The Labute approximate surface area is 166 Å². The van der Waals surface area contributed by atoms with Gasteiger partial charge in [-0.25, -0.2) is 15.0 Å². The van der Waals surface area contributed by atoms with Crippen LogP contribution in [0.1, 0.15) is 0 Å². The third kappa shape index (κ3) is 3.87. The molecule has 4 rings (SSSR count). The summed E-state index contributed by atoms with van der Waals surface area (Å²) in [5.41, 5.74) is 0. The zero-order chi connectivity index (χ0) is 17.9. The molecule has 0 saturated carbocycles. The molecule has 2 aromatic rings. The lowest BCUT2D eigenvalue weighted by Gasteiger charge is -2.36. The van der Waals surface area contributed by atoms with Crippen LogP contribution in [0.3, 0.4) is 0 Å².